The van der Waals surface area contributed by atoms with Crippen LogP contribution in [0.5, 0.6) is 5.75 Å². The monoisotopic (exact) mass is 250 g/mol. The zero-order chi connectivity index (χ0) is 13.9. The molecule has 0 aromatic heterocycles. The summed E-state index contributed by atoms with van der Waals surface area (Å²) in [6.07, 6.45) is 1.02. The smallest absolute Gasteiger partial charge is 0.123 e. The highest BCUT2D eigenvalue weighted by molar-refractivity contribution is 5.41. The van der Waals surface area contributed by atoms with Crippen LogP contribution in [0.4, 0.5) is 0 Å². The summed E-state index contributed by atoms with van der Waals surface area (Å²) in [4.78, 5) is 2.15. The first kappa shape index (κ1) is 15.0. The number of rotatable bonds is 5. The summed E-state index contributed by atoms with van der Waals surface area (Å²) in [6, 6.07) is 6.48. The standard InChI is InChI=1S/C15H26N2O/c1-7-11-8-9-13(18-6)12(10-11)14(17(4)5)15(2,3)16/h8-10,14H,7,16H2,1-6H3. The molecule has 0 saturated carbocycles. The number of ether oxygens (including phenoxy) is 1. The molecule has 3 heteroatoms. The second kappa shape index (κ2) is 5.72. The van der Waals surface area contributed by atoms with Crippen LogP contribution in [0.25, 0.3) is 0 Å². The molecule has 1 aromatic carbocycles. The normalized spacial score (nSPS) is 13.8. The molecule has 18 heavy (non-hydrogen) atoms. The highest BCUT2D eigenvalue weighted by Crippen LogP contribution is 2.35. The molecule has 0 spiro atoms. The van der Waals surface area contributed by atoms with E-state index in [0.717, 1.165) is 17.7 Å². The number of aryl methyl sites for hydroxylation is 1. The Hall–Kier alpha value is -1.06. The van der Waals surface area contributed by atoms with Gasteiger partial charge in [-0.2, -0.15) is 0 Å². The van der Waals surface area contributed by atoms with Crippen molar-refractivity contribution in [1.82, 2.24) is 4.90 Å². The van der Waals surface area contributed by atoms with E-state index in [-0.39, 0.29) is 11.6 Å². The first-order chi connectivity index (χ1) is 8.31. The molecule has 0 fully saturated rings. The quantitative estimate of drug-likeness (QED) is 0.873. The summed E-state index contributed by atoms with van der Waals surface area (Å²) in [5.74, 6) is 0.907. The van der Waals surface area contributed by atoms with Gasteiger partial charge in [0.15, 0.2) is 0 Å². The van der Waals surface area contributed by atoms with E-state index in [2.05, 4.69) is 51.9 Å². The summed E-state index contributed by atoms with van der Waals surface area (Å²) in [7, 11) is 5.81. The van der Waals surface area contributed by atoms with Crippen LogP contribution in [0.3, 0.4) is 0 Å². The fourth-order valence-electron chi connectivity index (χ4n) is 2.56. The van der Waals surface area contributed by atoms with Gasteiger partial charge in [0.2, 0.25) is 0 Å². The zero-order valence-corrected chi connectivity index (χ0v) is 12.4. The Morgan fingerprint density at radius 1 is 1.33 bits per heavy atom. The molecule has 0 amide bonds. The number of nitrogens with zero attached hydrogens (tertiary/aromatic N) is 1. The van der Waals surface area contributed by atoms with Gasteiger partial charge in [-0.3, -0.25) is 0 Å². The van der Waals surface area contributed by atoms with Gasteiger partial charge in [-0.15, -0.1) is 0 Å². The number of hydrogen-bond donors (Lipinski definition) is 1. The van der Waals surface area contributed by atoms with Crippen molar-refractivity contribution in [2.75, 3.05) is 21.2 Å². The Morgan fingerprint density at radius 2 is 1.94 bits per heavy atom. The average Bonchev–Trinajstić information content (AvgIpc) is 2.26. The maximum atomic E-state index is 6.33. The molecule has 1 aromatic rings. The Balaban J connectivity index is 3.34. The molecule has 1 atom stereocenters. The van der Waals surface area contributed by atoms with E-state index >= 15 is 0 Å². The number of hydrogen-bond acceptors (Lipinski definition) is 3. The van der Waals surface area contributed by atoms with Crippen molar-refractivity contribution in [1.29, 1.82) is 0 Å². The minimum Gasteiger partial charge on any atom is -0.496 e. The lowest BCUT2D eigenvalue weighted by Crippen LogP contribution is -2.46. The maximum absolute atomic E-state index is 6.33. The van der Waals surface area contributed by atoms with Crippen LogP contribution in [0, 0.1) is 0 Å². The molecule has 0 aliphatic carbocycles. The topological polar surface area (TPSA) is 38.5 Å². The highest BCUT2D eigenvalue weighted by atomic mass is 16.5. The summed E-state index contributed by atoms with van der Waals surface area (Å²) in [6.45, 7) is 6.26. The van der Waals surface area contributed by atoms with E-state index in [9.17, 15) is 0 Å². The third-order valence-electron chi connectivity index (χ3n) is 3.22. The Bertz CT molecular complexity index is 394. The largest absolute Gasteiger partial charge is 0.496 e. The number of methoxy groups -OCH3 is 1. The van der Waals surface area contributed by atoms with Gasteiger partial charge in [0.05, 0.1) is 13.2 Å². The fraction of sp³-hybridized carbons (Fsp3) is 0.600. The molecule has 0 bridgehead atoms. The first-order valence-electron chi connectivity index (χ1n) is 6.43. The van der Waals surface area contributed by atoms with Crippen LogP contribution in [-0.2, 0) is 6.42 Å². The van der Waals surface area contributed by atoms with Crippen LogP contribution in [0.1, 0.15) is 37.9 Å². The van der Waals surface area contributed by atoms with Crippen molar-refractivity contribution in [2.45, 2.75) is 38.8 Å². The van der Waals surface area contributed by atoms with Gasteiger partial charge in [-0.1, -0.05) is 19.1 Å². The molecule has 102 valence electrons. The Labute approximate surface area is 111 Å². The van der Waals surface area contributed by atoms with E-state index in [0.29, 0.717) is 0 Å². The maximum Gasteiger partial charge on any atom is 0.123 e. The average molecular weight is 250 g/mol. The molecule has 0 radical (unpaired) electrons. The summed E-state index contributed by atoms with van der Waals surface area (Å²) in [5, 5.41) is 0. The molecule has 1 rings (SSSR count). The van der Waals surface area contributed by atoms with Crippen LogP contribution in [0.15, 0.2) is 18.2 Å². The van der Waals surface area contributed by atoms with Crippen molar-refractivity contribution < 1.29 is 4.74 Å². The fourth-order valence-corrected chi connectivity index (χ4v) is 2.56. The molecule has 0 aliphatic heterocycles. The van der Waals surface area contributed by atoms with Crippen molar-refractivity contribution in [3.05, 3.63) is 29.3 Å². The first-order valence-corrected chi connectivity index (χ1v) is 6.43. The van der Waals surface area contributed by atoms with Gasteiger partial charge >= 0.3 is 0 Å². The third-order valence-corrected chi connectivity index (χ3v) is 3.22. The third kappa shape index (κ3) is 3.24. The van der Waals surface area contributed by atoms with Crippen LogP contribution < -0.4 is 10.5 Å². The summed E-state index contributed by atoms with van der Waals surface area (Å²) < 4.78 is 5.49. The summed E-state index contributed by atoms with van der Waals surface area (Å²) >= 11 is 0. The molecule has 0 heterocycles. The zero-order valence-electron chi connectivity index (χ0n) is 12.4. The number of likely N-dealkylation sites (N-methyl/N-ethyl adjacent to an activating group) is 1. The van der Waals surface area contributed by atoms with E-state index < -0.39 is 0 Å². The van der Waals surface area contributed by atoms with E-state index in [4.69, 9.17) is 10.5 Å². The lowest BCUT2D eigenvalue weighted by molar-refractivity contribution is 0.199. The van der Waals surface area contributed by atoms with Crippen molar-refractivity contribution in [3.8, 4) is 5.75 Å². The lowest BCUT2D eigenvalue weighted by atomic mass is 9.87. The molecule has 1 unspecified atom stereocenters. The molecular formula is C15H26N2O. The van der Waals surface area contributed by atoms with Crippen LogP contribution >= 0.6 is 0 Å². The minimum absolute atomic E-state index is 0.124. The highest BCUT2D eigenvalue weighted by Gasteiger charge is 2.31. The van der Waals surface area contributed by atoms with Gasteiger partial charge in [0.25, 0.3) is 0 Å². The molecule has 0 aliphatic rings. The molecular weight excluding hydrogens is 224 g/mol. The number of benzene rings is 1. The number of nitrogens with two attached hydrogens (primary N) is 1. The van der Waals surface area contributed by atoms with Gasteiger partial charge < -0.3 is 15.4 Å². The van der Waals surface area contributed by atoms with Crippen LogP contribution in [-0.4, -0.2) is 31.6 Å². The minimum atomic E-state index is -0.330. The predicted molar refractivity (Wildman–Crippen MR) is 77.1 cm³/mol. The molecule has 3 nitrogen and oxygen atoms in total. The van der Waals surface area contributed by atoms with Crippen molar-refractivity contribution in [3.63, 3.8) is 0 Å². The Morgan fingerprint density at radius 3 is 2.33 bits per heavy atom. The van der Waals surface area contributed by atoms with Gasteiger partial charge in [-0.25, -0.2) is 0 Å². The summed E-state index contributed by atoms with van der Waals surface area (Å²) in [5.41, 5.74) is 8.47. The van der Waals surface area contributed by atoms with Gasteiger partial charge in [0.1, 0.15) is 5.75 Å². The van der Waals surface area contributed by atoms with E-state index in [1.165, 1.54) is 5.56 Å². The predicted octanol–water partition coefficient (Wildman–Crippen LogP) is 2.60. The van der Waals surface area contributed by atoms with E-state index in [1.54, 1.807) is 7.11 Å². The lowest BCUT2D eigenvalue weighted by Gasteiger charge is -2.37. The van der Waals surface area contributed by atoms with Crippen LogP contribution in [0.2, 0.25) is 0 Å². The molecule has 0 saturated heterocycles. The van der Waals surface area contributed by atoms with Gasteiger partial charge in [-0.05, 0) is 46.0 Å². The van der Waals surface area contributed by atoms with Crippen molar-refractivity contribution in [2.24, 2.45) is 5.73 Å². The van der Waals surface area contributed by atoms with Crippen molar-refractivity contribution >= 4 is 0 Å². The second-order valence-corrected chi connectivity index (χ2v) is 5.62. The Kier molecular flexibility index (Phi) is 4.77. The van der Waals surface area contributed by atoms with Gasteiger partial charge in [0, 0.05) is 11.1 Å². The SMILES string of the molecule is CCc1ccc(OC)c(C(N(C)C)C(C)(C)N)c1. The van der Waals surface area contributed by atoms with E-state index in [1.807, 2.05) is 6.07 Å². The second-order valence-electron chi connectivity index (χ2n) is 5.62. The molecule has 2 N–H and O–H groups in total.